The lowest BCUT2D eigenvalue weighted by atomic mass is 9.99. The molecule has 0 saturated carbocycles. The molecule has 1 aromatic heterocycles. The third kappa shape index (κ3) is 4.98. The van der Waals surface area contributed by atoms with Crippen LogP contribution in [0.2, 0.25) is 0 Å². The molecule has 2 N–H and O–H groups in total. The van der Waals surface area contributed by atoms with Crippen LogP contribution in [0.15, 0.2) is 18.2 Å². The van der Waals surface area contributed by atoms with Crippen molar-refractivity contribution in [2.24, 2.45) is 0 Å². The van der Waals surface area contributed by atoms with Gasteiger partial charge in [0.1, 0.15) is 17.6 Å². The first-order valence-electron chi connectivity index (χ1n) is 11.1. The van der Waals surface area contributed by atoms with E-state index in [-0.39, 0.29) is 36.9 Å². The standard InChI is InChI=1S/C22H24F4N6O4/c1-11-6-18-15(19-20(34)30(3)36-14(8-27-12(2)33)9-32(19)29-18)10-31(11)21(35)28-13-4-5-17(23)16(7-13)22(24,25)26/h4-5,7,11,14H,6,8-10H2,1-3H3,(H,27,33)(H,28,35). The summed E-state index contributed by atoms with van der Waals surface area (Å²) >= 11 is 0. The predicted molar refractivity (Wildman–Crippen MR) is 117 cm³/mol. The number of carbonyl (C=O) groups is 3. The summed E-state index contributed by atoms with van der Waals surface area (Å²) in [7, 11) is 1.43. The van der Waals surface area contributed by atoms with E-state index < -0.39 is 41.6 Å². The molecule has 14 heteroatoms. The Labute approximate surface area is 203 Å². The van der Waals surface area contributed by atoms with Crippen molar-refractivity contribution >= 4 is 23.5 Å². The molecule has 2 atom stereocenters. The summed E-state index contributed by atoms with van der Waals surface area (Å²) in [6.07, 6.45) is -5.18. The molecule has 0 bridgehead atoms. The zero-order valence-corrected chi connectivity index (χ0v) is 19.6. The maximum atomic E-state index is 13.6. The fourth-order valence-corrected chi connectivity index (χ4v) is 4.26. The van der Waals surface area contributed by atoms with Crippen molar-refractivity contribution in [1.29, 1.82) is 0 Å². The first-order valence-corrected chi connectivity index (χ1v) is 11.1. The van der Waals surface area contributed by atoms with Crippen molar-refractivity contribution in [2.75, 3.05) is 18.9 Å². The lowest BCUT2D eigenvalue weighted by molar-refractivity contribution is -0.148. The van der Waals surface area contributed by atoms with Crippen molar-refractivity contribution < 1.29 is 36.8 Å². The summed E-state index contributed by atoms with van der Waals surface area (Å²) in [6, 6.07) is 1.12. The zero-order valence-electron chi connectivity index (χ0n) is 19.6. The van der Waals surface area contributed by atoms with Crippen LogP contribution >= 0.6 is 0 Å². The number of amides is 4. The number of hydroxylamine groups is 2. The molecule has 4 amide bonds. The van der Waals surface area contributed by atoms with Crippen molar-refractivity contribution in [1.82, 2.24) is 25.1 Å². The number of rotatable bonds is 3. The highest BCUT2D eigenvalue weighted by Gasteiger charge is 2.38. The molecule has 2 aliphatic heterocycles. The zero-order chi connectivity index (χ0) is 26.4. The van der Waals surface area contributed by atoms with Gasteiger partial charge in [-0.1, -0.05) is 0 Å². The Bertz CT molecular complexity index is 1210. The first kappa shape index (κ1) is 25.4. The quantitative estimate of drug-likeness (QED) is 0.615. The number of hydrogen-bond donors (Lipinski definition) is 2. The minimum Gasteiger partial charge on any atom is -0.354 e. The van der Waals surface area contributed by atoms with E-state index in [1.165, 1.54) is 23.6 Å². The van der Waals surface area contributed by atoms with Gasteiger partial charge in [-0.15, -0.1) is 0 Å². The maximum Gasteiger partial charge on any atom is 0.419 e. The molecule has 0 spiro atoms. The monoisotopic (exact) mass is 512 g/mol. The second-order valence-electron chi connectivity index (χ2n) is 8.73. The van der Waals surface area contributed by atoms with Crippen molar-refractivity contribution in [3.8, 4) is 0 Å². The number of aromatic nitrogens is 2. The Hall–Kier alpha value is -3.68. The third-order valence-corrected chi connectivity index (χ3v) is 6.02. The van der Waals surface area contributed by atoms with Gasteiger partial charge in [0.2, 0.25) is 5.91 Å². The van der Waals surface area contributed by atoms with Crippen LogP contribution in [-0.4, -0.2) is 63.3 Å². The van der Waals surface area contributed by atoms with Gasteiger partial charge in [0, 0.05) is 44.2 Å². The number of benzene rings is 1. The molecule has 0 aliphatic carbocycles. The highest BCUT2D eigenvalue weighted by atomic mass is 19.4. The molecule has 2 aromatic rings. The average molecular weight is 512 g/mol. The summed E-state index contributed by atoms with van der Waals surface area (Å²) in [6.45, 7) is 3.41. The van der Waals surface area contributed by atoms with Crippen LogP contribution in [0, 0.1) is 5.82 Å². The molecular weight excluding hydrogens is 488 g/mol. The highest BCUT2D eigenvalue weighted by molar-refractivity contribution is 5.94. The number of anilines is 1. The minimum absolute atomic E-state index is 0.0269. The van der Waals surface area contributed by atoms with Gasteiger partial charge in [-0.3, -0.25) is 19.1 Å². The minimum atomic E-state index is -4.92. The van der Waals surface area contributed by atoms with E-state index in [2.05, 4.69) is 15.7 Å². The number of alkyl halides is 3. The number of hydrogen-bond acceptors (Lipinski definition) is 5. The Balaban J connectivity index is 1.58. The molecule has 0 radical (unpaired) electrons. The van der Waals surface area contributed by atoms with Crippen LogP contribution in [0.5, 0.6) is 0 Å². The van der Waals surface area contributed by atoms with Gasteiger partial charge in [0.25, 0.3) is 5.91 Å². The molecular formula is C22H24F4N6O4. The number of nitrogens with one attached hydrogen (secondary N) is 2. The predicted octanol–water partition coefficient (Wildman–Crippen LogP) is 2.54. The summed E-state index contributed by atoms with van der Waals surface area (Å²) in [5.74, 6) is -2.19. The van der Waals surface area contributed by atoms with Crippen molar-refractivity contribution in [3.63, 3.8) is 0 Å². The summed E-state index contributed by atoms with van der Waals surface area (Å²) in [4.78, 5) is 44.3. The number of fused-ring (bicyclic) bond motifs is 3. The normalized spacial score (nSPS) is 19.9. The number of halogens is 4. The van der Waals surface area contributed by atoms with Gasteiger partial charge in [0.05, 0.1) is 24.3 Å². The Morgan fingerprint density at radius 3 is 2.67 bits per heavy atom. The molecule has 0 saturated heterocycles. The molecule has 1 aromatic carbocycles. The molecule has 2 unspecified atom stereocenters. The van der Waals surface area contributed by atoms with Crippen LogP contribution < -0.4 is 10.6 Å². The van der Waals surface area contributed by atoms with Crippen LogP contribution in [0.3, 0.4) is 0 Å². The lowest BCUT2D eigenvalue weighted by Gasteiger charge is -2.33. The number of carbonyl (C=O) groups excluding carboxylic acids is 3. The van der Waals surface area contributed by atoms with E-state index in [1.54, 1.807) is 6.92 Å². The van der Waals surface area contributed by atoms with Gasteiger partial charge in [0.15, 0.2) is 0 Å². The van der Waals surface area contributed by atoms with Gasteiger partial charge in [-0.25, -0.2) is 14.2 Å². The van der Waals surface area contributed by atoms with E-state index in [1.807, 2.05) is 0 Å². The van der Waals surface area contributed by atoms with Crippen molar-refractivity contribution in [2.45, 2.75) is 51.7 Å². The number of nitrogens with zero attached hydrogens (tertiary/aromatic N) is 4. The SMILES string of the molecule is CC(=O)NCC1Cn2nc3c(c2C(=O)N(C)O1)CN(C(=O)Nc1ccc(F)c(C(F)(F)F)c1)C(C)C3. The van der Waals surface area contributed by atoms with Crippen LogP contribution in [0.1, 0.15) is 41.2 Å². The van der Waals surface area contributed by atoms with Gasteiger partial charge < -0.3 is 15.5 Å². The lowest BCUT2D eigenvalue weighted by Crippen LogP contribution is -2.45. The van der Waals surface area contributed by atoms with Crippen molar-refractivity contribution in [3.05, 3.63) is 46.5 Å². The summed E-state index contributed by atoms with van der Waals surface area (Å²) in [5.41, 5.74) is -0.364. The fraction of sp³-hybridized carbons (Fsp3) is 0.455. The summed E-state index contributed by atoms with van der Waals surface area (Å²) < 4.78 is 54.3. The topological polar surface area (TPSA) is 109 Å². The molecule has 4 rings (SSSR count). The fourth-order valence-electron chi connectivity index (χ4n) is 4.26. The van der Waals surface area contributed by atoms with E-state index >= 15 is 0 Å². The average Bonchev–Trinajstić information content (AvgIpc) is 3.07. The first-order chi connectivity index (χ1) is 16.8. The Morgan fingerprint density at radius 1 is 1.28 bits per heavy atom. The molecule has 3 heterocycles. The van der Waals surface area contributed by atoms with E-state index in [4.69, 9.17) is 4.84 Å². The number of urea groups is 1. The Morgan fingerprint density at radius 2 is 2.00 bits per heavy atom. The van der Waals surface area contributed by atoms with Gasteiger partial charge >= 0.3 is 12.2 Å². The van der Waals surface area contributed by atoms with Gasteiger partial charge in [-0.05, 0) is 25.1 Å². The molecule has 194 valence electrons. The third-order valence-electron chi connectivity index (χ3n) is 6.02. The molecule has 36 heavy (non-hydrogen) atoms. The van der Waals surface area contributed by atoms with Crippen LogP contribution in [0.4, 0.5) is 28.0 Å². The van der Waals surface area contributed by atoms with E-state index in [0.717, 1.165) is 11.1 Å². The molecule has 2 aliphatic rings. The van der Waals surface area contributed by atoms with Gasteiger partial charge in [-0.2, -0.15) is 18.3 Å². The molecule has 10 nitrogen and oxygen atoms in total. The smallest absolute Gasteiger partial charge is 0.354 e. The second kappa shape index (κ2) is 9.41. The van der Waals surface area contributed by atoms with E-state index in [9.17, 15) is 31.9 Å². The van der Waals surface area contributed by atoms with Crippen LogP contribution in [-0.2, 0) is 35.3 Å². The largest absolute Gasteiger partial charge is 0.419 e. The summed E-state index contributed by atoms with van der Waals surface area (Å²) in [5, 5.41) is 10.6. The Kier molecular flexibility index (Phi) is 6.64. The maximum absolute atomic E-state index is 13.6. The molecule has 0 fully saturated rings. The van der Waals surface area contributed by atoms with Crippen LogP contribution in [0.25, 0.3) is 0 Å². The van der Waals surface area contributed by atoms with E-state index in [0.29, 0.717) is 29.8 Å². The second-order valence-corrected chi connectivity index (χ2v) is 8.73. The highest BCUT2D eigenvalue weighted by Crippen LogP contribution is 2.34.